The first kappa shape index (κ1) is 23.2. The van der Waals surface area contributed by atoms with Gasteiger partial charge in [0.05, 0.1) is 17.6 Å². The zero-order chi connectivity index (χ0) is 22.9. The molecule has 32 heavy (non-hydrogen) atoms. The third-order valence-electron chi connectivity index (χ3n) is 6.74. The fourth-order valence-electron chi connectivity index (χ4n) is 4.84. The summed E-state index contributed by atoms with van der Waals surface area (Å²) in [6.45, 7) is 4.35. The summed E-state index contributed by atoms with van der Waals surface area (Å²) in [4.78, 5) is 10.7. The van der Waals surface area contributed by atoms with Crippen LogP contribution in [0.4, 0.5) is 5.95 Å². The molecule has 2 atom stereocenters. The number of rotatable bonds is 7. The summed E-state index contributed by atoms with van der Waals surface area (Å²) >= 11 is 0. The molecule has 4 rings (SSSR count). The molecule has 0 spiro atoms. The van der Waals surface area contributed by atoms with Crippen molar-refractivity contribution < 1.29 is 18.3 Å². The highest BCUT2D eigenvalue weighted by Gasteiger charge is 2.39. The van der Waals surface area contributed by atoms with Gasteiger partial charge in [-0.2, -0.15) is 10.2 Å². The van der Waals surface area contributed by atoms with E-state index in [1.807, 2.05) is 13.1 Å². The largest absolute Gasteiger partial charge is 0.470 e. The predicted octanol–water partition coefficient (Wildman–Crippen LogP) is 0.798. The molecule has 1 aliphatic carbocycles. The summed E-state index contributed by atoms with van der Waals surface area (Å²) < 4.78 is 32.9. The van der Waals surface area contributed by atoms with Gasteiger partial charge in [-0.25, -0.2) is 17.7 Å². The number of hydrogen-bond acceptors (Lipinski definition) is 9. The maximum Gasteiger partial charge on any atom is 0.236 e. The summed E-state index contributed by atoms with van der Waals surface area (Å²) in [6.07, 6.45) is 4.52. The highest BCUT2D eigenvalue weighted by atomic mass is 32.2. The van der Waals surface area contributed by atoms with Gasteiger partial charge in [-0.3, -0.25) is 0 Å². The van der Waals surface area contributed by atoms with Crippen LogP contribution in [-0.2, 0) is 10.0 Å². The lowest BCUT2D eigenvalue weighted by molar-refractivity contribution is -0.0271. The van der Waals surface area contributed by atoms with Crippen molar-refractivity contribution in [1.82, 2.24) is 19.2 Å². The number of piperidine rings is 1. The first-order chi connectivity index (χ1) is 15.2. The van der Waals surface area contributed by atoms with Crippen LogP contribution in [0.1, 0.15) is 44.6 Å². The molecule has 1 aromatic heterocycles. The van der Waals surface area contributed by atoms with Crippen LogP contribution in [0, 0.1) is 17.2 Å². The summed E-state index contributed by atoms with van der Waals surface area (Å²) in [5, 5.41) is 23.1. The lowest BCUT2D eigenvalue weighted by atomic mass is 10.0. The van der Waals surface area contributed by atoms with Gasteiger partial charge in [0.15, 0.2) is 0 Å². The zero-order valence-corrected chi connectivity index (χ0v) is 19.5. The van der Waals surface area contributed by atoms with Crippen molar-refractivity contribution in [2.75, 3.05) is 44.3 Å². The predicted molar refractivity (Wildman–Crippen MR) is 119 cm³/mol. The number of likely N-dealkylation sites (tertiary alicyclic amines) is 1. The van der Waals surface area contributed by atoms with Crippen LogP contribution in [0.5, 0.6) is 5.88 Å². The Labute approximate surface area is 189 Å². The molecule has 3 fully saturated rings. The minimum Gasteiger partial charge on any atom is -0.470 e. The van der Waals surface area contributed by atoms with E-state index in [2.05, 4.69) is 20.2 Å². The standard InChI is InChI=1S/C21H32N6O4S/c1-21(28)7-3-4-18(21)31-19-16(10-22)11-23-20(25-19)24-17-5-8-27(9-6-17)32(29,30)14-15-12-26(2)13-15/h11,15,17-18,28H,3-9,12-14H2,1-2H3,(H,23,24,25)/t18-,21+/m0/s1. The number of ether oxygens (including phenoxy) is 1. The van der Waals surface area contributed by atoms with Gasteiger partial charge >= 0.3 is 0 Å². The number of aliphatic hydroxyl groups is 1. The first-order valence-corrected chi connectivity index (χ1v) is 12.9. The third-order valence-corrected chi connectivity index (χ3v) is 8.78. The number of sulfonamides is 1. The Kier molecular flexibility index (Phi) is 6.58. The quantitative estimate of drug-likeness (QED) is 0.601. The van der Waals surface area contributed by atoms with E-state index in [0.29, 0.717) is 44.7 Å². The molecule has 2 aliphatic heterocycles. The van der Waals surface area contributed by atoms with Crippen LogP contribution >= 0.6 is 0 Å². The highest BCUT2D eigenvalue weighted by Crippen LogP contribution is 2.33. The highest BCUT2D eigenvalue weighted by molar-refractivity contribution is 7.89. The van der Waals surface area contributed by atoms with Gasteiger partial charge in [-0.05, 0) is 52.0 Å². The number of hydrogen-bond donors (Lipinski definition) is 2. The van der Waals surface area contributed by atoms with Crippen LogP contribution in [0.15, 0.2) is 6.20 Å². The van der Waals surface area contributed by atoms with Crippen molar-refractivity contribution in [3.63, 3.8) is 0 Å². The van der Waals surface area contributed by atoms with Crippen molar-refractivity contribution in [2.24, 2.45) is 5.92 Å². The number of anilines is 1. The molecule has 176 valence electrons. The van der Waals surface area contributed by atoms with Crippen LogP contribution in [0.2, 0.25) is 0 Å². The van der Waals surface area contributed by atoms with Crippen molar-refractivity contribution in [2.45, 2.75) is 56.8 Å². The number of aromatic nitrogens is 2. The molecule has 0 aromatic carbocycles. The summed E-state index contributed by atoms with van der Waals surface area (Å²) in [5.74, 6) is 0.963. The fourth-order valence-corrected chi connectivity index (χ4v) is 6.62. The molecule has 1 saturated carbocycles. The second-order valence-corrected chi connectivity index (χ2v) is 11.6. The smallest absolute Gasteiger partial charge is 0.236 e. The molecule has 0 unspecified atom stereocenters. The monoisotopic (exact) mass is 464 g/mol. The molecule has 2 N–H and O–H groups in total. The molecule has 11 heteroatoms. The minimum atomic E-state index is -3.24. The Balaban J connectivity index is 1.34. The van der Waals surface area contributed by atoms with Gasteiger partial charge in [0.2, 0.25) is 21.9 Å². The van der Waals surface area contributed by atoms with E-state index in [9.17, 15) is 18.8 Å². The molecule has 0 radical (unpaired) electrons. The molecular formula is C21H32N6O4S. The minimum absolute atomic E-state index is 0.0339. The zero-order valence-electron chi connectivity index (χ0n) is 18.7. The lowest BCUT2D eigenvalue weighted by Crippen LogP contribution is -2.50. The van der Waals surface area contributed by atoms with Gasteiger partial charge in [0, 0.05) is 32.2 Å². The van der Waals surface area contributed by atoms with Crippen LogP contribution in [0.25, 0.3) is 0 Å². The second-order valence-electron chi connectivity index (χ2n) is 9.56. The third kappa shape index (κ3) is 5.14. The van der Waals surface area contributed by atoms with Gasteiger partial charge in [0.25, 0.3) is 0 Å². The molecule has 3 aliphatic rings. The maximum absolute atomic E-state index is 12.7. The second kappa shape index (κ2) is 9.09. The molecular weight excluding hydrogens is 432 g/mol. The van der Waals surface area contributed by atoms with Gasteiger partial charge in [-0.15, -0.1) is 0 Å². The normalized spacial score (nSPS) is 28.2. The van der Waals surface area contributed by atoms with E-state index in [1.54, 1.807) is 11.2 Å². The lowest BCUT2D eigenvalue weighted by Gasteiger charge is -2.38. The van der Waals surface area contributed by atoms with Crippen LogP contribution < -0.4 is 10.1 Å². The topological polar surface area (TPSA) is 132 Å². The summed E-state index contributed by atoms with van der Waals surface area (Å²) in [7, 11) is -1.24. The van der Waals surface area contributed by atoms with Gasteiger partial charge in [-0.1, -0.05) is 0 Å². The molecule has 3 heterocycles. The van der Waals surface area contributed by atoms with Gasteiger partial charge in [0.1, 0.15) is 17.7 Å². The molecule has 0 bridgehead atoms. The van der Waals surface area contributed by atoms with E-state index in [0.717, 1.165) is 19.5 Å². The van der Waals surface area contributed by atoms with E-state index >= 15 is 0 Å². The van der Waals surface area contributed by atoms with Gasteiger partial charge < -0.3 is 20.1 Å². The van der Waals surface area contributed by atoms with Crippen LogP contribution in [0.3, 0.4) is 0 Å². The van der Waals surface area contributed by atoms with E-state index < -0.39 is 21.7 Å². The Hall–Kier alpha value is -2.00. The number of nitriles is 1. The SMILES string of the molecule is CN1CC(CS(=O)(=O)N2CCC(Nc3ncc(C#N)c(O[C@H]4CCC[C@@]4(C)O)n3)CC2)C1. The van der Waals surface area contributed by atoms with Crippen LogP contribution in [-0.4, -0.2) is 89.4 Å². The first-order valence-electron chi connectivity index (χ1n) is 11.3. The van der Waals surface area contributed by atoms with Crippen molar-refractivity contribution >= 4 is 16.0 Å². The molecule has 1 aromatic rings. The van der Waals surface area contributed by atoms with Crippen molar-refractivity contribution in [3.8, 4) is 11.9 Å². The average Bonchev–Trinajstić information content (AvgIpc) is 3.05. The Bertz CT molecular complexity index is 965. The van der Waals surface area contributed by atoms with Crippen molar-refractivity contribution in [1.29, 1.82) is 5.26 Å². The Morgan fingerprint density at radius 3 is 2.66 bits per heavy atom. The number of nitrogens with zero attached hydrogens (tertiary/aromatic N) is 5. The summed E-state index contributed by atoms with van der Waals surface area (Å²) in [5.41, 5.74) is -0.723. The summed E-state index contributed by atoms with van der Waals surface area (Å²) in [6, 6.07) is 2.08. The maximum atomic E-state index is 12.7. The van der Waals surface area contributed by atoms with E-state index in [1.165, 1.54) is 6.20 Å². The average molecular weight is 465 g/mol. The van der Waals surface area contributed by atoms with E-state index in [4.69, 9.17) is 4.74 Å². The molecule has 10 nitrogen and oxygen atoms in total. The van der Waals surface area contributed by atoms with E-state index in [-0.39, 0.29) is 29.2 Å². The Morgan fingerprint density at radius 1 is 1.34 bits per heavy atom. The molecule has 0 amide bonds. The van der Waals surface area contributed by atoms with Crippen molar-refractivity contribution in [3.05, 3.63) is 11.8 Å². The Morgan fingerprint density at radius 2 is 2.06 bits per heavy atom. The number of nitrogens with one attached hydrogen (secondary N) is 1. The fraction of sp³-hybridized carbons (Fsp3) is 0.762. The molecule has 2 saturated heterocycles.